The first-order chi connectivity index (χ1) is 6.42. The molecule has 1 aromatic rings. The number of anilines is 1. The third-order valence-corrected chi connectivity index (χ3v) is 3.03. The quantitative estimate of drug-likeness (QED) is 0.801. The Kier molecular flexibility index (Phi) is 2.68. The van der Waals surface area contributed by atoms with E-state index in [9.17, 15) is 0 Å². The first kappa shape index (κ1) is 8.81. The van der Waals surface area contributed by atoms with Crippen molar-refractivity contribution in [3.05, 3.63) is 17.6 Å². The number of hydrogen-bond acceptors (Lipinski definition) is 4. The number of thioether (sulfide) groups is 1. The van der Waals surface area contributed by atoms with E-state index in [4.69, 9.17) is 0 Å². The van der Waals surface area contributed by atoms with Gasteiger partial charge in [-0.25, -0.2) is 9.97 Å². The summed E-state index contributed by atoms with van der Waals surface area (Å²) in [5.74, 6) is 3.14. The van der Waals surface area contributed by atoms with E-state index in [1.165, 1.54) is 11.3 Å². The van der Waals surface area contributed by atoms with E-state index in [-0.39, 0.29) is 0 Å². The Hall–Kier alpha value is -0.770. The van der Waals surface area contributed by atoms with E-state index in [2.05, 4.69) is 22.2 Å². The van der Waals surface area contributed by atoms with Crippen molar-refractivity contribution < 1.29 is 0 Å². The van der Waals surface area contributed by atoms with Crippen LogP contribution in [0.15, 0.2) is 6.33 Å². The molecule has 2 heterocycles. The third kappa shape index (κ3) is 1.77. The lowest BCUT2D eigenvalue weighted by Gasteiger charge is -2.07. The van der Waals surface area contributed by atoms with E-state index < -0.39 is 0 Å². The zero-order valence-corrected chi connectivity index (χ0v) is 8.52. The first-order valence-electron chi connectivity index (χ1n) is 4.56. The maximum Gasteiger partial charge on any atom is 0.133 e. The molecule has 1 aliphatic rings. The van der Waals surface area contributed by atoms with E-state index in [0.29, 0.717) is 0 Å². The highest BCUT2D eigenvalue weighted by atomic mass is 32.2. The van der Waals surface area contributed by atoms with Crippen LogP contribution in [0.25, 0.3) is 0 Å². The third-order valence-electron chi connectivity index (χ3n) is 2.06. The minimum absolute atomic E-state index is 0.994. The molecule has 0 radical (unpaired) electrons. The number of nitrogens with zero attached hydrogens (tertiary/aromatic N) is 2. The molecular weight excluding hydrogens is 182 g/mol. The van der Waals surface area contributed by atoms with Crippen molar-refractivity contribution in [2.24, 2.45) is 0 Å². The lowest BCUT2D eigenvalue weighted by Crippen LogP contribution is -2.05. The highest BCUT2D eigenvalue weighted by Gasteiger charge is 2.16. The van der Waals surface area contributed by atoms with Crippen LogP contribution in [0, 0.1) is 0 Å². The Morgan fingerprint density at radius 2 is 2.38 bits per heavy atom. The lowest BCUT2D eigenvalue weighted by molar-refractivity contribution is 0.953. The molecule has 1 aliphatic heterocycles. The first-order valence-corrected chi connectivity index (χ1v) is 5.71. The monoisotopic (exact) mass is 195 g/mol. The Labute approximate surface area is 82.4 Å². The predicted molar refractivity (Wildman–Crippen MR) is 55.8 cm³/mol. The van der Waals surface area contributed by atoms with Crippen LogP contribution in [0.2, 0.25) is 0 Å². The van der Waals surface area contributed by atoms with Crippen LogP contribution >= 0.6 is 11.8 Å². The summed E-state index contributed by atoms with van der Waals surface area (Å²) in [4.78, 5) is 8.51. The summed E-state index contributed by atoms with van der Waals surface area (Å²) < 4.78 is 0. The van der Waals surface area contributed by atoms with Crippen molar-refractivity contribution in [3.8, 4) is 0 Å². The topological polar surface area (TPSA) is 37.8 Å². The number of rotatable bonds is 3. The molecule has 1 aromatic heterocycles. The second kappa shape index (κ2) is 3.96. The molecule has 2 rings (SSSR count). The van der Waals surface area contributed by atoms with E-state index in [1.807, 2.05) is 11.8 Å². The van der Waals surface area contributed by atoms with E-state index in [0.717, 1.165) is 30.3 Å². The van der Waals surface area contributed by atoms with Crippen LogP contribution in [-0.4, -0.2) is 16.5 Å². The second-order valence-corrected chi connectivity index (χ2v) is 4.05. The second-order valence-electron chi connectivity index (χ2n) is 3.07. The lowest BCUT2D eigenvalue weighted by atomic mass is 10.2. The molecule has 0 amide bonds. The van der Waals surface area contributed by atoms with Crippen molar-refractivity contribution in [2.75, 3.05) is 11.9 Å². The molecule has 0 unspecified atom stereocenters. The van der Waals surface area contributed by atoms with Gasteiger partial charge in [0.15, 0.2) is 0 Å². The molecule has 0 saturated heterocycles. The van der Waals surface area contributed by atoms with Crippen molar-refractivity contribution in [3.63, 3.8) is 0 Å². The average molecular weight is 195 g/mol. The smallest absolute Gasteiger partial charge is 0.133 e. The van der Waals surface area contributed by atoms with Gasteiger partial charge < -0.3 is 5.32 Å². The van der Waals surface area contributed by atoms with Gasteiger partial charge in [-0.15, -0.1) is 0 Å². The number of hydrogen-bond donors (Lipinski definition) is 1. The highest BCUT2D eigenvalue weighted by Crippen LogP contribution is 2.31. The van der Waals surface area contributed by atoms with Gasteiger partial charge in [0.25, 0.3) is 0 Å². The van der Waals surface area contributed by atoms with E-state index >= 15 is 0 Å². The zero-order chi connectivity index (χ0) is 9.10. The normalized spacial score (nSPS) is 14.2. The van der Waals surface area contributed by atoms with Gasteiger partial charge in [0.05, 0.1) is 5.69 Å². The summed E-state index contributed by atoms with van der Waals surface area (Å²) in [5, 5.41) is 3.33. The number of fused-ring (bicyclic) bond motifs is 1. The van der Waals surface area contributed by atoms with Crippen LogP contribution in [-0.2, 0) is 11.5 Å². The molecule has 3 nitrogen and oxygen atoms in total. The van der Waals surface area contributed by atoms with Gasteiger partial charge in [-0.2, -0.15) is 11.8 Å². The van der Waals surface area contributed by atoms with Crippen molar-refractivity contribution in [1.29, 1.82) is 0 Å². The van der Waals surface area contributed by atoms with Gasteiger partial charge in [-0.1, -0.05) is 6.92 Å². The summed E-state index contributed by atoms with van der Waals surface area (Å²) in [6.07, 6.45) is 2.79. The Morgan fingerprint density at radius 1 is 1.46 bits per heavy atom. The molecule has 0 aromatic carbocycles. The molecule has 0 bridgehead atoms. The van der Waals surface area contributed by atoms with Gasteiger partial charge >= 0.3 is 0 Å². The molecule has 4 heteroatoms. The van der Waals surface area contributed by atoms with Crippen LogP contribution in [0.1, 0.15) is 24.6 Å². The summed E-state index contributed by atoms with van der Waals surface area (Å²) in [5.41, 5.74) is 2.51. The molecule has 0 atom stereocenters. The average Bonchev–Trinajstić information content (AvgIpc) is 2.62. The minimum atomic E-state index is 0.994. The van der Waals surface area contributed by atoms with Gasteiger partial charge in [0.1, 0.15) is 12.1 Å². The molecule has 0 fully saturated rings. The fourth-order valence-corrected chi connectivity index (χ4v) is 2.42. The summed E-state index contributed by atoms with van der Waals surface area (Å²) in [6.45, 7) is 3.15. The summed E-state index contributed by atoms with van der Waals surface area (Å²) >= 11 is 1.91. The summed E-state index contributed by atoms with van der Waals surface area (Å²) in [6, 6.07) is 0. The number of nitrogens with one attached hydrogen (secondary N) is 1. The molecule has 13 heavy (non-hydrogen) atoms. The Balaban J connectivity index is 2.20. The van der Waals surface area contributed by atoms with Crippen LogP contribution < -0.4 is 5.32 Å². The van der Waals surface area contributed by atoms with Gasteiger partial charge in [-0.05, 0) is 6.42 Å². The highest BCUT2D eigenvalue weighted by molar-refractivity contribution is 7.98. The summed E-state index contributed by atoms with van der Waals surface area (Å²) in [7, 11) is 0. The van der Waals surface area contributed by atoms with E-state index in [1.54, 1.807) is 6.33 Å². The fraction of sp³-hybridized carbons (Fsp3) is 0.556. The van der Waals surface area contributed by atoms with Crippen LogP contribution in [0.5, 0.6) is 0 Å². The van der Waals surface area contributed by atoms with Gasteiger partial charge in [-0.3, -0.25) is 0 Å². The van der Waals surface area contributed by atoms with Crippen molar-refractivity contribution in [1.82, 2.24) is 9.97 Å². The SMILES string of the molecule is CCCNc1ncnc2c1CSC2. The Bertz CT molecular complexity index is 301. The molecule has 0 saturated carbocycles. The maximum absolute atomic E-state index is 4.26. The number of aromatic nitrogens is 2. The Morgan fingerprint density at radius 3 is 3.23 bits per heavy atom. The van der Waals surface area contributed by atoms with Crippen LogP contribution in [0.3, 0.4) is 0 Å². The predicted octanol–water partition coefficient (Wildman–Crippen LogP) is 2.05. The maximum atomic E-state index is 4.26. The molecule has 1 N–H and O–H groups in total. The standard InChI is InChI=1S/C9H13N3S/c1-2-3-10-9-7-4-13-5-8(7)11-6-12-9/h6H,2-5H2,1H3,(H,10,11,12). The molecular formula is C9H13N3S. The van der Waals surface area contributed by atoms with Crippen molar-refractivity contribution in [2.45, 2.75) is 24.9 Å². The fourth-order valence-electron chi connectivity index (χ4n) is 1.37. The molecule has 0 aliphatic carbocycles. The minimum Gasteiger partial charge on any atom is -0.370 e. The molecule has 0 spiro atoms. The van der Waals surface area contributed by atoms with Crippen LogP contribution in [0.4, 0.5) is 5.82 Å². The van der Waals surface area contributed by atoms with Gasteiger partial charge in [0, 0.05) is 23.6 Å². The molecule has 70 valence electrons. The largest absolute Gasteiger partial charge is 0.370 e. The zero-order valence-electron chi connectivity index (χ0n) is 7.71. The van der Waals surface area contributed by atoms with Gasteiger partial charge in [0.2, 0.25) is 0 Å². The van der Waals surface area contributed by atoms with Crippen molar-refractivity contribution >= 4 is 17.6 Å².